The van der Waals surface area contributed by atoms with E-state index in [0.29, 0.717) is 22.5 Å². The Kier molecular flexibility index (Phi) is 3.65. The molecule has 1 aliphatic rings. The number of aromatic nitrogens is 4. The Morgan fingerprint density at radius 2 is 2.33 bits per heavy atom. The molecule has 9 heteroatoms. The van der Waals surface area contributed by atoms with Crippen molar-refractivity contribution in [3.63, 3.8) is 0 Å². The summed E-state index contributed by atoms with van der Waals surface area (Å²) in [5.74, 6) is 0.711. The van der Waals surface area contributed by atoms with Gasteiger partial charge >= 0.3 is 0 Å². The maximum absolute atomic E-state index is 8.89. The molecule has 3 N–H and O–H groups in total. The van der Waals surface area contributed by atoms with Gasteiger partial charge < -0.3 is 15.7 Å². The van der Waals surface area contributed by atoms with E-state index in [1.807, 2.05) is 6.07 Å². The molecule has 1 heterocycles. The Labute approximate surface area is 125 Å². The standard InChI is InChI=1S/C12H14N6O2S/c1-20-8-4-5-9(11(13)15-19)10(6-8)21-12-14-16-17-18(12)7-2-3-7/h4-7,19H,2-3H2,1H3,(H2,13,15). The van der Waals surface area contributed by atoms with Crippen LogP contribution in [0.15, 0.2) is 33.4 Å². The van der Waals surface area contributed by atoms with Crippen molar-refractivity contribution in [3.8, 4) is 5.75 Å². The summed E-state index contributed by atoms with van der Waals surface area (Å²) in [6.45, 7) is 0. The highest BCUT2D eigenvalue weighted by Gasteiger charge is 2.28. The van der Waals surface area contributed by atoms with Crippen LogP contribution in [0.5, 0.6) is 5.75 Å². The monoisotopic (exact) mass is 306 g/mol. The second-order valence-electron chi connectivity index (χ2n) is 4.59. The van der Waals surface area contributed by atoms with Crippen molar-refractivity contribution in [3.05, 3.63) is 23.8 Å². The molecule has 1 aromatic carbocycles. The minimum absolute atomic E-state index is 0.0330. The van der Waals surface area contributed by atoms with E-state index in [1.54, 1.807) is 23.9 Å². The average molecular weight is 306 g/mol. The molecular weight excluding hydrogens is 292 g/mol. The number of methoxy groups -OCH3 is 1. The molecule has 0 amide bonds. The van der Waals surface area contributed by atoms with Gasteiger partial charge in [-0.1, -0.05) is 5.16 Å². The summed E-state index contributed by atoms with van der Waals surface area (Å²) < 4.78 is 7.02. The fourth-order valence-corrected chi connectivity index (χ4v) is 2.89. The molecule has 21 heavy (non-hydrogen) atoms. The molecule has 0 bridgehead atoms. The number of rotatable bonds is 5. The smallest absolute Gasteiger partial charge is 0.214 e. The maximum Gasteiger partial charge on any atom is 0.214 e. The number of hydrogen-bond acceptors (Lipinski definition) is 7. The van der Waals surface area contributed by atoms with Gasteiger partial charge in [-0.25, -0.2) is 4.68 Å². The van der Waals surface area contributed by atoms with Crippen LogP contribution in [0.25, 0.3) is 0 Å². The number of benzene rings is 1. The van der Waals surface area contributed by atoms with Crippen molar-refractivity contribution in [1.29, 1.82) is 0 Å². The molecule has 8 nitrogen and oxygen atoms in total. The predicted molar refractivity (Wildman–Crippen MR) is 75.7 cm³/mol. The van der Waals surface area contributed by atoms with Crippen molar-refractivity contribution in [2.24, 2.45) is 10.9 Å². The van der Waals surface area contributed by atoms with Crippen molar-refractivity contribution < 1.29 is 9.94 Å². The summed E-state index contributed by atoms with van der Waals surface area (Å²) in [5, 5.41) is 24.4. The molecule has 0 unspecified atom stereocenters. The third-order valence-corrected chi connectivity index (χ3v) is 4.14. The average Bonchev–Trinajstić information content (AvgIpc) is 3.26. The molecule has 1 aromatic heterocycles. The van der Waals surface area contributed by atoms with E-state index in [-0.39, 0.29) is 5.84 Å². The van der Waals surface area contributed by atoms with Crippen LogP contribution in [0, 0.1) is 0 Å². The molecule has 0 spiro atoms. The highest BCUT2D eigenvalue weighted by Crippen LogP contribution is 2.39. The summed E-state index contributed by atoms with van der Waals surface area (Å²) in [4.78, 5) is 0.765. The number of nitrogens with two attached hydrogens (primary N) is 1. The van der Waals surface area contributed by atoms with Crippen LogP contribution in [0.1, 0.15) is 24.4 Å². The molecule has 2 aromatic rings. The molecule has 1 saturated carbocycles. The Balaban J connectivity index is 1.97. The third kappa shape index (κ3) is 2.77. The topological polar surface area (TPSA) is 111 Å². The number of nitrogens with zero attached hydrogens (tertiary/aromatic N) is 5. The highest BCUT2D eigenvalue weighted by atomic mass is 32.2. The lowest BCUT2D eigenvalue weighted by molar-refractivity contribution is 0.318. The van der Waals surface area contributed by atoms with Crippen LogP contribution in [0.3, 0.4) is 0 Å². The zero-order chi connectivity index (χ0) is 14.8. The molecule has 3 rings (SSSR count). The number of amidine groups is 1. The van der Waals surface area contributed by atoms with Gasteiger partial charge in [-0.15, -0.1) is 5.10 Å². The van der Waals surface area contributed by atoms with Crippen molar-refractivity contribution >= 4 is 17.6 Å². The zero-order valence-electron chi connectivity index (χ0n) is 11.3. The van der Waals surface area contributed by atoms with E-state index in [4.69, 9.17) is 15.7 Å². The molecule has 0 saturated heterocycles. The number of hydrogen-bond donors (Lipinski definition) is 2. The van der Waals surface area contributed by atoms with E-state index in [1.165, 1.54) is 11.8 Å². The first-order chi connectivity index (χ1) is 10.2. The van der Waals surface area contributed by atoms with Crippen molar-refractivity contribution in [1.82, 2.24) is 20.2 Å². The van der Waals surface area contributed by atoms with Crippen LogP contribution >= 0.6 is 11.8 Å². The molecule has 0 aliphatic heterocycles. The summed E-state index contributed by atoms with van der Waals surface area (Å²) in [5.41, 5.74) is 6.32. The van der Waals surface area contributed by atoms with Gasteiger partial charge in [-0.2, -0.15) is 0 Å². The quantitative estimate of drug-likeness (QED) is 0.370. The van der Waals surface area contributed by atoms with Gasteiger partial charge in [0, 0.05) is 10.5 Å². The first kappa shape index (κ1) is 13.7. The third-order valence-electron chi connectivity index (χ3n) is 3.13. The largest absolute Gasteiger partial charge is 0.497 e. The second-order valence-corrected chi connectivity index (χ2v) is 5.60. The van der Waals surface area contributed by atoms with E-state index in [9.17, 15) is 0 Å². The van der Waals surface area contributed by atoms with Gasteiger partial charge in [-0.3, -0.25) is 0 Å². The van der Waals surface area contributed by atoms with Crippen LogP contribution in [-0.2, 0) is 0 Å². The van der Waals surface area contributed by atoms with Gasteiger partial charge in [0.15, 0.2) is 5.84 Å². The van der Waals surface area contributed by atoms with Crippen LogP contribution in [0.4, 0.5) is 0 Å². The summed E-state index contributed by atoms with van der Waals surface area (Å²) in [6.07, 6.45) is 2.17. The minimum atomic E-state index is 0.0330. The predicted octanol–water partition coefficient (Wildman–Crippen LogP) is 1.26. The summed E-state index contributed by atoms with van der Waals surface area (Å²) in [7, 11) is 1.58. The van der Waals surface area contributed by atoms with Gasteiger partial charge in [-0.05, 0) is 53.2 Å². The first-order valence-electron chi connectivity index (χ1n) is 6.34. The van der Waals surface area contributed by atoms with Gasteiger partial charge in [0.25, 0.3) is 0 Å². The second kappa shape index (κ2) is 5.60. The summed E-state index contributed by atoms with van der Waals surface area (Å²) in [6, 6.07) is 5.67. The lowest BCUT2D eigenvalue weighted by Gasteiger charge is -2.09. The van der Waals surface area contributed by atoms with Crippen LogP contribution in [-0.4, -0.2) is 38.4 Å². The van der Waals surface area contributed by atoms with Gasteiger partial charge in [0.2, 0.25) is 5.16 Å². The van der Waals surface area contributed by atoms with Crippen molar-refractivity contribution in [2.75, 3.05) is 7.11 Å². The van der Waals surface area contributed by atoms with Gasteiger partial charge in [0.05, 0.1) is 13.2 Å². The van der Waals surface area contributed by atoms with E-state index >= 15 is 0 Å². The Hall–Kier alpha value is -2.29. The SMILES string of the molecule is COc1ccc(/C(N)=N/O)c(Sc2nnnn2C2CC2)c1. The Morgan fingerprint density at radius 3 is 3.00 bits per heavy atom. The van der Waals surface area contributed by atoms with Crippen molar-refractivity contribution in [2.45, 2.75) is 28.9 Å². The zero-order valence-corrected chi connectivity index (χ0v) is 12.1. The molecule has 1 fully saturated rings. The van der Waals surface area contributed by atoms with E-state index in [0.717, 1.165) is 17.7 Å². The van der Waals surface area contributed by atoms with E-state index in [2.05, 4.69) is 20.7 Å². The summed E-state index contributed by atoms with van der Waals surface area (Å²) >= 11 is 1.36. The number of tetrazole rings is 1. The normalized spacial score (nSPS) is 15.2. The lowest BCUT2D eigenvalue weighted by atomic mass is 10.2. The lowest BCUT2D eigenvalue weighted by Crippen LogP contribution is -2.14. The fraction of sp³-hybridized carbons (Fsp3) is 0.333. The number of oxime groups is 1. The Morgan fingerprint density at radius 1 is 1.52 bits per heavy atom. The molecule has 110 valence electrons. The van der Waals surface area contributed by atoms with E-state index < -0.39 is 0 Å². The molecule has 0 radical (unpaired) electrons. The molecule has 0 atom stereocenters. The minimum Gasteiger partial charge on any atom is -0.497 e. The van der Waals surface area contributed by atoms with Crippen LogP contribution < -0.4 is 10.5 Å². The Bertz CT molecular complexity index is 682. The fourth-order valence-electron chi connectivity index (χ4n) is 1.88. The first-order valence-corrected chi connectivity index (χ1v) is 7.16. The molecule has 1 aliphatic carbocycles. The maximum atomic E-state index is 8.89. The number of ether oxygens (including phenoxy) is 1. The van der Waals surface area contributed by atoms with Gasteiger partial charge in [0.1, 0.15) is 5.75 Å². The molecular formula is C12H14N6O2S. The van der Waals surface area contributed by atoms with Crippen LogP contribution in [0.2, 0.25) is 0 Å². The highest BCUT2D eigenvalue weighted by molar-refractivity contribution is 7.99.